The summed E-state index contributed by atoms with van der Waals surface area (Å²) in [5, 5.41) is 4.07. The number of halogens is 1. The quantitative estimate of drug-likeness (QED) is 0.570. The first kappa shape index (κ1) is 20.1. The van der Waals surface area contributed by atoms with Crippen molar-refractivity contribution in [3.63, 3.8) is 0 Å². The van der Waals surface area contributed by atoms with Gasteiger partial charge in [0.15, 0.2) is 5.82 Å². The minimum atomic E-state index is 0.296. The molecule has 0 N–H and O–H groups in total. The second-order valence-corrected chi connectivity index (χ2v) is 8.56. The molecule has 1 atom stereocenters. The summed E-state index contributed by atoms with van der Waals surface area (Å²) >= 11 is 3.42. The summed E-state index contributed by atoms with van der Waals surface area (Å²) in [5.74, 6) is 3.27. The number of pyridine rings is 1. The highest BCUT2D eigenvalue weighted by atomic mass is 79.9. The summed E-state index contributed by atoms with van der Waals surface area (Å²) in [6, 6.07) is 2.70. The van der Waals surface area contributed by atoms with E-state index in [0.717, 1.165) is 60.7 Å². The van der Waals surface area contributed by atoms with Crippen LogP contribution in [0.5, 0.6) is 5.75 Å². The van der Waals surface area contributed by atoms with Crippen LogP contribution >= 0.6 is 15.9 Å². The van der Waals surface area contributed by atoms with Crippen LogP contribution in [-0.4, -0.2) is 34.8 Å². The lowest BCUT2D eigenvalue weighted by Gasteiger charge is -2.33. The molecular weight excluding hydrogens is 408 g/mol. The number of hydrogen-bond donors (Lipinski definition) is 0. The summed E-state index contributed by atoms with van der Waals surface area (Å²) < 4.78 is 12.2. The van der Waals surface area contributed by atoms with Gasteiger partial charge in [0.2, 0.25) is 0 Å². The average molecular weight is 437 g/mol. The van der Waals surface area contributed by atoms with Crippen molar-refractivity contribution < 1.29 is 9.26 Å². The minimum absolute atomic E-state index is 0.296. The Hall–Kier alpha value is -1.63. The van der Waals surface area contributed by atoms with Crippen LogP contribution in [0.3, 0.4) is 0 Å². The molecule has 0 bridgehead atoms. The van der Waals surface area contributed by atoms with Gasteiger partial charge in [0.1, 0.15) is 10.4 Å². The largest absolute Gasteiger partial charge is 0.492 e. The van der Waals surface area contributed by atoms with E-state index in [2.05, 4.69) is 56.7 Å². The number of aryl methyl sites for hydroxylation is 1. The van der Waals surface area contributed by atoms with Gasteiger partial charge in [-0.05, 0) is 65.6 Å². The molecule has 0 radical (unpaired) electrons. The summed E-state index contributed by atoms with van der Waals surface area (Å²) in [6.45, 7) is 11.2. The fraction of sp³-hybridized carbons (Fsp3) is 0.650. The highest BCUT2D eigenvalue weighted by Crippen LogP contribution is 2.30. The van der Waals surface area contributed by atoms with Gasteiger partial charge in [0.25, 0.3) is 0 Å². The molecule has 2 aromatic rings. The fourth-order valence-corrected chi connectivity index (χ4v) is 3.68. The van der Waals surface area contributed by atoms with Crippen LogP contribution in [0.4, 0.5) is 6.01 Å². The van der Waals surface area contributed by atoms with Gasteiger partial charge in [0, 0.05) is 19.0 Å². The van der Waals surface area contributed by atoms with E-state index >= 15 is 0 Å². The van der Waals surface area contributed by atoms with Gasteiger partial charge in [-0.15, -0.1) is 0 Å². The number of nitrogens with zero attached hydrogens (tertiary/aromatic N) is 4. The molecule has 0 unspecified atom stereocenters. The summed E-state index contributed by atoms with van der Waals surface area (Å²) in [6.07, 6.45) is 5.13. The molecule has 1 aliphatic heterocycles. The Kier molecular flexibility index (Phi) is 6.73. The monoisotopic (exact) mass is 436 g/mol. The first-order valence-electron chi connectivity index (χ1n) is 9.77. The molecule has 1 fully saturated rings. The van der Waals surface area contributed by atoms with Crippen molar-refractivity contribution in [2.45, 2.75) is 52.9 Å². The number of anilines is 1. The highest BCUT2D eigenvalue weighted by Gasteiger charge is 2.26. The highest BCUT2D eigenvalue weighted by molar-refractivity contribution is 9.10. The van der Waals surface area contributed by atoms with Crippen LogP contribution in [0.15, 0.2) is 21.4 Å². The van der Waals surface area contributed by atoms with Gasteiger partial charge in [-0.25, -0.2) is 4.98 Å². The predicted molar refractivity (Wildman–Crippen MR) is 109 cm³/mol. The lowest BCUT2D eigenvalue weighted by atomic mass is 9.84. The molecule has 1 saturated heterocycles. The Balaban J connectivity index is 1.42. The first-order chi connectivity index (χ1) is 12.9. The molecule has 3 heterocycles. The number of ether oxygens (including phenoxy) is 1. The number of rotatable bonds is 7. The molecule has 7 heteroatoms. The Morgan fingerprint density at radius 1 is 1.30 bits per heavy atom. The Bertz CT molecular complexity index is 741. The second kappa shape index (κ2) is 9.04. The zero-order valence-corrected chi connectivity index (χ0v) is 18.2. The molecule has 6 nitrogen and oxygen atoms in total. The molecule has 0 amide bonds. The maximum atomic E-state index is 5.89. The fourth-order valence-electron chi connectivity index (χ4n) is 3.46. The van der Waals surface area contributed by atoms with E-state index in [1.165, 1.54) is 0 Å². The Labute approximate surface area is 169 Å². The van der Waals surface area contributed by atoms with Crippen LogP contribution in [0, 0.1) is 18.8 Å². The molecule has 2 aromatic heterocycles. The lowest BCUT2D eigenvalue weighted by molar-refractivity contribution is 0.220. The zero-order chi connectivity index (χ0) is 19.4. The van der Waals surface area contributed by atoms with E-state index in [-0.39, 0.29) is 0 Å². The van der Waals surface area contributed by atoms with Crippen LogP contribution in [-0.2, 0) is 0 Å². The third kappa shape index (κ3) is 5.21. The van der Waals surface area contributed by atoms with Crippen molar-refractivity contribution in [1.29, 1.82) is 0 Å². The van der Waals surface area contributed by atoms with Crippen LogP contribution in [0.1, 0.15) is 57.3 Å². The van der Waals surface area contributed by atoms with Gasteiger partial charge in [-0.3, -0.25) is 0 Å². The maximum absolute atomic E-state index is 5.89. The number of aromatic nitrogens is 3. The molecule has 0 aliphatic carbocycles. The van der Waals surface area contributed by atoms with E-state index in [4.69, 9.17) is 9.26 Å². The van der Waals surface area contributed by atoms with Gasteiger partial charge >= 0.3 is 6.01 Å². The van der Waals surface area contributed by atoms with Crippen molar-refractivity contribution in [2.75, 3.05) is 24.6 Å². The molecular formula is C20H29BrN4O2. The van der Waals surface area contributed by atoms with Crippen LogP contribution in [0.25, 0.3) is 0 Å². The molecule has 1 aliphatic rings. The van der Waals surface area contributed by atoms with E-state index in [9.17, 15) is 0 Å². The molecule has 3 rings (SSSR count). The summed E-state index contributed by atoms with van der Waals surface area (Å²) in [4.78, 5) is 11.0. The van der Waals surface area contributed by atoms with Crippen LogP contribution in [0.2, 0.25) is 0 Å². The molecule has 0 aromatic carbocycles. The number of hydrogen-bond acceptors (Lipinski definition) is 6. The molecule has 148 valence electrons. The van der Waals surface area contributed by atoms with E-state index in [1.807, 2.05) is 13.0 Å². The van der Waals surface area contributed by atoms with Crippen molar-refractivity contribution in [3.8, 4) is 5.75 Å². The van der Waals surface area contributed by atoms with E-state index in [0.29, 0.717) is 23.8 Å². The minimum Gasteiger partial charge on any atom is -0.492 e. The van der Waals surface area contributed by atoms with E-state index in [1.54, 1.807) is 6.20 Å². The third-order valence-electron chi connectivity index (χ3n) is 5.39. The third-order valence-corrected chi connectivity index (χ3v) is 6.22. The van der Waals surface area contributed by atoms with Gasteiger partial charge in [0.05, 0.1) is 12.8 Å². The second-order valence-electron chi connectivity index (χ2n) is 7.81. The summed E-state index contributed by atoms with van der Waals surface area (Å²) in [7, 11) is 0. The Morgan fingerprint density at radius 2 is 2.04 bits per heavy atom. The molecule has 0 saturated carbocycles. The zero-order valence-electron chi connectivity index (χ0n) is 16.6. The summed E-state index contributed by atoms with van der Waals surface area (Å²) in [5.41, 5.74) is 1.09. The van der Waals surface area contributed by atoms with Gasteiger partial charge in [-0.2, -0.15) is 4.98 Å². The van der Waals surface area contributed by atoms with E-state index < -0.39 is 0 Å². The van der Waals surface area contributed by atoms with Crippen molar-refractivity contribution in [2.24, 2.45) is 11.8 Å². The smallest absolute Gasteiger partial charge is 0.324 e. The predicted octanol–water partition coefficient (Wildman–Crippen LogP) is 4.98. The van der Waals surface area contributed by atoms with Crippen molar-refractivity contribution in [1.82, 2.24) is 15.1 Å². The van der Waals surface area contributed by atoms with Gasteiger partial charge < -0.3 is 14.2 Å². The van der Waals surface area contributed by atoms with Gasteiger partial charge in [-0.1, -0.05) is 25.9 Å². The average Bonchev–Trinajstić information content (AvgIpc) is 3.15. The SMILES string of the molecule is Cc1cc(OCC[C@@H](C)C2CCN(c3nc(C(C)C)no3)CC2)cnc1Br. The number of piperidine rings is 1. The van der Waals surface area contributed by atoms with Crippen molar-refractivity contribution in [3.05, 3.63) is 28.3 Å². The lowest BCUT2D eigenvalue weighted by Crippen LogP contribution is -2.36. The first-order valence-corrected chi connectivity index (χ1v) is 10.6. The maximum Gasteiger partial charge on any atom is 0.324 e. The topological polar surface area (TPSA) is 64.3 Å². The molecule has 0 spiro atoms. The normalized spacial score (nSPS) is 16.7. The van der Waals surface area contributed by atoms with Crippen molar-refractivity contribution >= 4 is 21.9 Å². The Morgan fingerprint density at radius 3 is 2.67 bits per heavy atom. The molecule has 27 heavy (non-hydrogen) atoms. The standard InChI is InChI=1S/C20H29BrN4O2/c1-13(2)19-23-20(27-24-19)25-8-5-16(6-9-25)14(3)7-10-26-17-11-15(4)18(21)22-12-17/h11-14,16H,5-10H2,1-4H3/t14-/m1/s1. The van der Waals surface area contributed by atoms with Crippen LogP contribution < -0.4 is 9.64 Å².